The maximum atomic E-state index is 12.1. The van der Waals surface area contributed by atoms with Crippen LogP contribution in [0.1, 0.15) is 57.5 Å². The molecule has 1 amide bonds. The Labute approximate surface area is 129 Å². The van der Waals surface area contributed by atoms with Crippen LogP contribution in [0.4, 0.5) is 0 Å². The smallest absolute Gasteiger partial charge is 0.251 e. The maximum absolute atomic E-state index is 12.1. The number of hydrogen-bond donors (Lipinski definition) is 1. The second-order valence-electron chi connectivity index (χ2n) is 6.81. The molecule has 118 valence electrons. The molecule has 0 aromatic heterocycles. The molecule has 0 saturated carbocycles. The van der Waals surface area contributed by atoms with Crippen molar-refractivity contribution in [3.8, 4) is 0 Å². The highest BCUT2D eigenvalue weighted by molar-refractivity contribution is 5.94. The summed E-state index contributed by atoms with van der Waals surface area (Å²) in [5.74, 6) is 0.00951. The van der Waals surface area contributed by atoms with E-state index < -0.39 is 0 Å². The van der Waals surface area contributed by atoms with Crippen LogP contribution in [-0.2, 0) is 5.41 Å². The van der Waals surface area contributed by atoms with Crippen molar-refractivity contribution < 1.29 is 4.79 Å². The van der Waals surface area contributed by atoms with Crippen molar-refractivity contribution in [2.24, 2.45) is 0 Å². The van der Waals surface area contributed by atoms with Crippen LogP contribution in [0.15, 0.2) is 24.3 Å². The van der Waals surface area contributed by atoms with Gasteiger partial charge in [0.2, 0.25) is 0 Å². The molecule has 1 N–H and O–H groups in total. The summed E-state index contributed by atoms with van der Waals surface area (Å²) in [4.78, 5) is 14.5. The molecule has 1 aromatic carbocycles. The molecular formula is C18H30N2O. The van der Waals surface area contributed by atoms with E-state index in [-0.39, 0.29) is 11.3 Å². The van der Waals surface area contributed by atoms with Crippen molar-refractivity contribution >= 4 is 5.91 Å². The fourth-order valence-electron chi connectivity index (χ4n) is 2.32. The molecule has 0 saturated heterocycles. The van der Waals surface area contributed by atoms with Crippen molar-refractivity contribution in [3.05, 3.63) is 35.4 Å². The van der Waals surface area contributed by atoms with Crippen LogP contribution in [0.3, 0.4) is 0 Å². The van der Waals surface area contributed by atoms with E-state index in [0.717, 1.165) is 18.7 Å². The van der Waals surface area contributed by atoms with Crippen LogP contribution in [0.25, 0.3) is 0 Å². The Morgan fingerprint density at radius 2 is 1.76 bits per heavy atom. The van der Waals surface area contributed by atoms with E-state index in [1.807, 2.05) is 24.3 Å². The third-order valence-electron chi connectivity index (χ3n) is 3.83. The van der Waals surface area contributed by atoms with Gasteiger partial charge in [-0.05, 0) is 43.5 Å². The number of rotatable bonds is 6. The lowest BCUT2D eigenvalue weighted by Crippen LogP contribution is -2.38. The van der Waals surface area contributed by atoms with Crippen molar-refractivity contribution in [2.75, 3.05) is 19.6 Å². The molecule has 0 radical (unpaired) electrons. The molecule has 1 rings (SSSR count). The van der Waals surface area contributed by atoms with Crippen LogP contribution in [-0.4, -0.2) is 36.5 Å². The monoisotopic (exact) mass is 290 g/mol. The van der Waals surface area contributed by atoms with E-state index in [1.165, 1.54) is 5.56 Å². The van der Waals surface area contributed by atoms with Crippen LogP contribution in [0, 0.1) is 0 Å². The molecule has 0 spiro atoms. The van der Waals surface area contributed by atoms with Gasteiger partial charge in [0.25, 0.3) is 5.91 Å². The summed E-state index contributed by atoms with van der Waals surface area (Å²) in [5, 5.41) is 3.00. The van der Waals surface area contributed by atoms with Crippen LogP contribution in [0.5, 0.6) is 0 Å². The van der Waals surface area contributed by atoms with Gasteiger partial charge in [0.05, 0.1) is 0 Å². The Kier molecular flexibility index (Phi) is 6.41. The average Bonchev–Trinajstić information content (AvgIpc) is 2.42. The summed E-state index contributed by atoms with van der Waals surface area (Å²) in [7, 11) is 0. The fraction of sp³-hybridized carbons (Fsp3) is 0.611. The van der Waals surface area contributed by atoms with Gasteiger partial charge >= 0.3 is 0 Å². The van der Waals surface area contributed by atoms with Gasteiger partial charge in [-0.25, -0.2) is 0 Å². The highest BCUT2D eigenvalue weighted by Gasteiger charge is 2.14. The minimum Gasteiger partial charge on any atom is -0.351 e. The lowest BCUT2D eigenvalue weighted by molar-refractivity contribution is 0.0946. The number of hydrogen-bond acceptors (Lipinski definition) is 2. The molecule has 0 unspecified atom stereocenters. The zero-order chi connectivity index (χ0) is 16.0. The molecular weight excluding hydrogens is 260 g/mol. The van der Waals surface area contributed by atoms with E-state index in [1.54, 1.807) is 0 Å². The SMILES string of the molecule is CCN(CCNC(=O)c1ccc(C(C)(C)C)cc1)C(C)C. The summed E-state index contributed by atoms with van der Waals surface area (Å²) in [6.07, 6.45) is 0. The minimum atomic E-state index is 0.00951. The summed E-state index contributed by atoms with van der Waals surface area (Å²) >= 11 is 0. The maximum Gasteiger partial charge on any atom is 0.251 e. The van der Waals surface area contributed by atoms with Crippen molar-refractivity contribution in [2.45, 2.75) is 53.0 Å². The zero-order valence-corrected chi connectivity index (χ0v) is 14.4. The number of nitrogens with zero attached hydrogens (tertiary/aromatic N) is 1. The number of nitrogens with one attached hydrogen (secondary N) is 1. The average molecular weight is 290 g/mol. The molecule has 3 nitrogen and oxygen atoms in total. The van der Waals surface area contributed by atoms with Crippen molar-refractivity contribution in [1.29, 1.82) is 0 Å². The van der Waals surface area contributed by atoms with E-state index in [0.29, 0.717) is 12.6 Å². The topological polar surface area (TPSA) is 32.3 Å². The Hall–Kier alpha value is -1.35. The summed E-state index contributed by atoms with van der Waals surface area (Å²) < 4.78 is 0. The standard InChI is InChI=1S/C18H30N2O/c1-7-20(14(2)3)13-12-19-17(21)15-8-10-16(11-9-15)18(4,5)6/h8-11,14H,7,12-13H2,1-6H3,(H,19,21). The van der Waals surface area contributed by atoms with E-state index in [9.17, 15) is 4.79 Å². The molecule has 0 aliphatic carbocycles. The van der Waals surface area contributed by atoms with Gasteiger partial charge in [-0.1, -0.05) is 39.8 Å². The predicted octanol–water partition coefficient (Wildman–Crippen LogP) is 3.44. The largest absolute Gasteiger partial charge is 0.351 e. The Morgan fingerprint density at radius 1 is 1.19 bits per heavy atom. The lowest BCUT2D eigenvalue weighted by Gasteiger charge is -2.24. The summed E-state index contributed by atoms with van der Waals surface area (Å²) in [6, 6.07) is 8.42. The number of carbonyl (C=O) groups is 1. The van der Waals surface area contributed by atoms with Crippen LogP contribution in [0.2, 0.25) is 0 Å². The van der Waals surface area contributed by atoms with Crippen molar-refractivity contribution in [3.63, 3.8) is 0 Å². The molecule has 1 aromatic rings. The molecule has 21 heavy (non-hydrogen) atoms. The highest BCUT2D eigenvalue weighted by Crippen LogP contribution is 2.22. The van der Waals surface area contributed by atoms with E-state index >= 15 is 0 Å². The lowest BCUT2D eigenvalue weighted by atomic mass is 9.87. The minimum absolute atomic E-state index is 0.00951. The van der Waals surface area contributed by atoms with Gasteiger partial charge in [0.1, 0.15) is 0 Å². The van der Waals surface area contributed by atoms with Gasteiger partial charge in [0, 0.05) is 24.7 Å². The van der Waals surface area contributed by atoms with E-state index in [2.05, 4.69) is 51.8 Å². The Balaban J connectivity index is 2.53. The molecule has 0 atom stereocenters. The quantitative estimate of drug-likeness (QED) is 0.870. The second-order valence-corrected chi connectivity index (χ2v) is 6.81. The number of likely N-dealkylation sites (N-methyl/N-ethyl adjacent to an activating group) is 1. The number of carbonyl (C=O) groups excluding carboxylic acids is 1. The number of benzene rings is 1. The summed E-state index contributed by atoms with van der Waals surface area (Å²) in [6.45, 7) is 15.6. The Bertz CT molecular complexity index is 443. The molecule has 0 bridgehead atoms. The van der Waals surface area contributed by atoms with Gasteiger partial charge < -0.3 is 5.32 Å². The molecule has 0 heterocycles. The first-order valence-electron chi connectivity index (χ1n) is 7.88. The van der Waals surface area contributed by atoms with Gasteiger partial charge in [-0.15, -0.1) is 0 Å². The van der Waals surface area contributed by atoms with Crippen LogP contribution >= 0.6 is 0 Å². The first-order chi connectivity index (χ1) is 9.75. The molecule has 0 aliphatic heterocycles. The summed E-state index contributed by atoms with van der Waals surface area (Å²) in [5.41, 5.74) is 2.10. The molecule has 0 fully saturated rings. The van der Waals surface area contributed by atoms with E-state index in [4.69, 9.17) is 0 Å². The molecule has 3 heteroatoms. The van der Waals surface area contributed by atoms with Crippen LogP contribution < -0.4 is 5.32 Å². The Morgan fingerprint density at radius 3 is 2.19 bits per heavy atom. The second kappa shape index (κ2) is 7.60. The first-order valence-corrected chi connectivity index (χ1v) is 7.88. The first kappa shape index (κ1) is 17.7. The highest BCUT2D eigenvalue weighted by atomic mass is 16.1. The third kappa shape index (κ3) is 5.50. The van der Waals surface area contributed by atoms with Gasteiger partial charge in [-0.3, -0.25) is 9.69 Å². The molecule has 0 aliphatic rings. The predicted molar refractivity (Wildman–Crippen MR) is 89.9 cm³/mol. The van der Waals surface area contributed by atoms with Crippen molar-refractivity contribution in [1.82, 2.24) is 10.2 Å². The number of amides is 1. The zero-order valence-electron chi connectivity index (χ0n) is 14.4. The van der Waals surface area contributed by atoms with Gasteiger partial charge in [-0.2, -0.15) is 0 Å². The fourth-order valence-corrected chi connectivity index (χ4v) is 2.32. The van der Waals surface area contributed by atoms with Gasteiger partial charge in [0.15, 0.2) is 0 Å². The third-order valence-corrected chi connectivity index (χ3v) is 3.83. The normalized spacial score (nSPS) is 12.0.